The van der Waals surface area contributed by atoms with Crippen LogP contribution in [0.1, 0.15) is 6.92 Å². The molecule has 2 aromatic rings. The Bertz CT molecular complexity index is 884. The van der Waals surface area contributed by atoms with Gasteiger partial charge in [-0.15, -0.1) is 0 Å². The summed E-state index contributed by atoms with van der Waals surface area (Å²) in [5, 5.41) is 0. The lowest BCUT2D eigenvalue weighted by Crippen LogP contribution is -2.43. The van der Waals surface area contributed by atoms with E-state index in [-0.39, 0.29) is 18.1 Å². The van der Waals surface area contributed by atoms with Crippen LogP contribution < -0.4 is 18.7 Å². The Morgan fingerprint density at radius 2 is 1.70 bits per heavy atom. The van der Waals surface area contributed by atoms with Gasteiger partial charge in [0.2, 0.25) is 15.9 Å². The molecule has 0 aromatic heterocycles. The Labute approximate surface area is 160 Å². The van der Waals surface area contributed by atoms with Crippen molar-refractivity contribution >= 4 is 27.3 Å². The third-order valence-corrected chi connectivity index (χ3v) is 5.15. The molecule has 0 N–H and O–H groups in total. The minimum absolute atomic E-state index is 0.247. The van der Waals surface area contributed by atoms with E-state index in [9.17, 15) is 13.2 Å². The molecule has 0 aliphatic rings. The van der Waals surface area contributed by atoms with Crippen molar-refractivity contribution in [1.29, 1.82) is 0 Å². The van der Waals surface area contributed by atoms with Crippen LogP contribution in [0.2, 0.25) is 0 Å². The number of nitrogens with zero attached hydrogens (tertiary/aromatic N) is 2. The van der Waals surface area contributed by atoms with Crippen molar-refractivity contribution in [3.05, 3.63) is 48.5 Å². The summed E-state index contributed by atoms with van der Waals surface area (Å²) in [6, 6.07) is 13.9. The van der Waals surface area contributed by atoms with E-state index in [1.54, 1.807) is 24.3 Å². The van der Waals surface area contributed by atoms with Crippen molar-refractivity contribution < 1.29 is 22.7 Å². The van der Waals surface area contributed by atoms with E-state index in [4.69, 9.17) is 9.47 Å². The third-order valence-electron chi connectivity index (χ3n) is 4.02. The van der Waals surface area contributed by atoms with Crippen LogP contribution in [-0.4, -0.2) is 47.9 Å². The number of sulfonamides is 1. The van der Waals surface area contributed by atoms with Crippen molar-refractivity contribution in [2.24, 2.45) is 0 Å². The van der Waals surface area contributed by atoms with E-state index in [2.05, 4.69) is 0 Å². The van der Waals surface area contributed by atoms with Gasteiger partial charge in [-0.3, -0.25) is 9.10 Å². The minimum Gasteiger partial charge on any atom is -0.497 e. The molecule has 0 spiro atoms. The second-order valence-corrected chi connectivity index (χ2v) is 7.69. The number of carbonyl (C=O) groups excluding carboxylic acids is 1. The van der Waals surface area contributed by atoms with Gasteiger partial charge in [0.05, 0.1) is 26.2 Å². The molecule has 1 amide bonds. The lowest BCUT2D eigenvalue weighted by atomic mass is 10.2. The van der Waals surface area contributed by atoms with Crippen molar-refractivity contribution in [2.75, 3.05) is 42.8 Å². The van der Waals surface area contributed by atoms with E-state index < -0.39 is 10.0 Å². The molecule has 146 valence electrons. The average Bonchev–Trinajstić information content (AvgIpc) is 2.66. The number of para-hydroxylation sites is 1. The summed E-state index contributed by atoms with van der Waals surface area (Å²) >= 11 is 0. The Kier molecular flexibility index (Phi) is 6.68. The fraction of sp³-hybridized carbons (Fsp3) is 0.316. The zero-order valence-electron chi connectivity index (χ0n) is 15.9. The second kappa shape index (κ2) is 8.77. The van der Waals surface area contributed by atoms with E-state index in [1.165, 1.54) is 25.2 Å². The smallest absolute Gasteiger partial charge is 0.247 e. The SMILES string of the molecule is CCN(C(=O)CN(c1cc(OC)ccc1OC)S(C)(=O)=O)c1ccccc1. The van der Waals surface area contributed by atoms with E-state index in [1.807, 2.05) is 25.1 Å². The molecule has 0 atom stereocenters. The molecule has 0 aliphatic carbocycles. The van der Waals surface area contributed by atoms with Gasteiger partial charge in [-0.25, -0.2) is 8.42 Å². The quantitative estimate of drug-likeness (QED) is 0.690. The summed E-state index contributed by atoms with van der Waals surface area (Å²) in [7, 11) is -0.822. The van der Waals surface area contributed by atoms with Crippen LogP contribution >= 0.6 is 0 Å². The van der Waals surface area contributed by atoms with Crippen LogP contribution in [0.25, 0.3) is 0 Å². The summed E-state index contributed by atoms with van der Waals surface area (Å²) < 4.78 is 36.4. The van der Waals surface area contributed by atoms with Gasteiger partial charge < -0.3 is 14.4 Å². The molecule has 0 bridgehead atoms. The van der Waals surface area contributed by atoms with Gasteiger partial charge in [0.25, 0.3) is 0 Å². The number of rotatable bonds is 8. The van der Waals surface area contributed by atoms with Crippen LogP contribution in [0.5, 0.6) is 11.5 Å². The molecule has 2 rings (SSSR count). The van der Waals surface area contributed by atoms with Gasteiger partial charge in [0, 0.05) is 18.3 Å². The first-order valence-corrected chi connectivity index (χ1v) is 10.2. The Morgan fingerprint density at radius 1 is 1.04 bits per heavy atom. The molecule has 0 radical (unpaired) electrons. The van der Waals surface area contributed by atoms with Gasteiger partial charge in [0.1, 0.15) is 18.0 Å². The highest BCUT2D eigenvalue weighted by atomic mass is 32.2. The Hall–Kier alpha value is -2.74. The standard InChI is InChI=1S/C19H24N2O5S/c1-5-20(15-9-7-6-8-10-15)19(22)14-21(27(4,23)24)17-13-16(25-2)11-12-18(17)26-3/h6-13H,5,14H2,1-4H3. The first-order valence-electron chi connectivity index (χ1n) is 8.37. The highest BCUT2D eigenvalue weighted by Gasteiger charge is 2.27. The van der Waals surface area contributed by atoms with Crippen LogP contribution in [0, 0.1) is 0 Å². The summed E-state index contributed by atoms with van der Waals surface area (Å²) in [6.45, 7) is 1.89. The van der Waals surface area contributed by atoms with Crippen molar-refractivity contribution in [1.82, 2.24) is 0 Å². The number of carbonyl (C=O) groups is 1. The maximum Gasteiger partial charge on any atom is 0.247 e. The van der Waals surface area contributed by atoms with Crippen molar-refractivity contribution in [3.63, 3.8) is 0 Å². The predicted molar refractivity (Wildman–Crippen MR) is 106 cm³/mol. The summed E-state index contributed by atoms with van der Waals surface area (Å²) in [6.07, 6.45) is 1.05. The average molecular weight is 392 g/mol. The molecule has 0 saturated heterocycles. The van der Waals surface area contributed by atoms with Crippen LogP contribution in [-0.2, 0) is 14.8 Å². The second-order valence-electron chi connectivity index (χ2n) is 5.78. The lowest BCUT2D eigenvalue weighted by Gasteiger charge is -2.28. The highest BCUT2D eigenvalue weighted by molar-refractivity contribution is 7.92. The fourth-order valence-corrected chi connectivity index (χ4v) is 3.54. The Morgan fingerprint density at radius 3 is 2.22 bits per heavy atom. The minimum atomic E-state index is -3.74. The van der Waals surface area contributed by atoms with E-state index in [0.29, 0.717) is 23.7 Å². The molecule has 0 unspecified atom stereocenters. The number of benzene rings is 2. The molecule has 0 heterocycles. The highest BCUT2D eigenvalue weighted by Crippen LogP contribution is 2.33. The molecule has 2 aromatic carbocycles. The van der Waals surface area contributed by atoms with Crippen LogP contribution in [0.4, 0.5) is 11.4 Å². The summed E-state index contributed by atoms with van der Waals surface area (Å²) in [5.41, 5.74) is 0.952. The van der Waals surface area contributed by atoms with Crippen molar-refractivity contribution in [3.8, 4) is 11.5 Å². The number of methoxy groups -OCH3 is 2. The molecule has 0 aliphatic heterocycles. The number of amides is 1. The maximum atomic E-state index is 12.9. The fourth-order valence-electron chi connectivity index (χ4n) is 2.69. The third kappa shape index (κ3) is 4.91. The van der Waals surface area contributed by atoms with Crippen LogP contribution in [0.3, 0.4) is 0 Å². The predicted octanol–water partition coefficient (Wildman–Crippen LogP) is 2.52. The molecule has 0 fully saturated rings. The normalized spacial score (nSPS) is 11.0. The molecule has 7 nitrogen and oxygen atoms in total. The van der Waals surface area contributed by atoms with Gasteiger partial charge in [0.15, 0.2) is 0 Å². The molecule has 8 heteroatoms. The van der Waals surface area contributed by atoms with Crippen LogP contribution in [0.15, 0.2) is 48.5 Å². The topological polar surface area (TPSA) is 76.2 Å². The number of ether oxygens (including phenoxy) is 2. The largest absolute Gasteiger partial charge is 0.497 e. The number of anilines is 2. The molecular formula is C19H24N2O5S. The zero-order valence-corrected chi connectivity index (χ0v) is 16.7. The van der Waals surface area contributed by atoms with Gasteiger partial charge >= 0.3 is 0 Å². The molecule has 0 saturated carbocycles. The van der Waals surface area contributed by atoms with Gasteiger partial charge in [-0.1, -0.05) is 18.2 Å². The number of hydrogen-bond donors (Lipinski definition) is 0. The Balaban J connectivity index is 2.43. The number of hydrogen-bond acceptors (Lipinski definition) is 5. The van der Waals surface area contributed by atoms with Gasteiger partial charge in [-0.05, 0) is 31.2 Å². The van der Waals surface area contributed by atoms with E-state index >= 15 is 0 Å². The van der Waals surface area contributed by atoms with Gasteiger partial charge in [-0.2, -0.15) is 0 Å². The lowest BCUT2D eigenvalue weighted by molar-refractivity contribution is -0.117. The summed E-state index contributed by atoms with van der Waals surface area (Å²) in [5.74, 6) is 0.443. The molecule has 27 heavy (non-hydrogen) atoms. The van der Waals surface area contributed by atoms with Crippen molar-refractivity contribution in [2.45, 2.75) is 6.92 Å². The zero-order chi connectivity index (χ0) is 20.0. The monoisotopic (exact) mass is 392 g/mol. The summed E-state index contributed by atoms with van der Waals surface area (Å²) in [4.78, 5) is 14.4. The van der Waals surface area contributed by atoms with E-state index in [0.717, 1.165) is 10.6 Å². The first-order chi connectivity index (χ1) is 12.8. The first kappa shape index (κ1) is 20.6. The number of likely N-dealkylation sites (N-methyl/N-ethyl adjacent to an activating group) is 1. The molecular weight excluding hydrogens is 368 g/mol. The maximum absolute atomic E-state index is 12.9.